The van der Waals surface area contributed by atoms with Gasteiger partial charge in [-0.3, -0.25) is 9.48 Å². The van der Waals surface area contributed by atoms with E-state index in [9.17, 15) is 4.79 Å². The van der Waals surface area contributed by atoms with Crippen molar-refractivity contribution in [2.75, 3.05) is 13.1 Å². The molecule has 1 rings (SSSR count). The van der Waals surface area contributed by atoms with Gasteiger partial charge >= 0.3 is 0 Å². The van der Waals surface area contributed by atoms with Crippen molar-refractivity contribution in [2.24, 2.45) is 7.05 Å². The van der Waals surface area contributed by atoms with E-state index in [1.54, 1.807) is 35.0 Å². The van der Waals surface area contributed by atoms with Crippen LogP contribution in [0.4, 0.5) is 0 Å². The van der Waals surface area contributed by atoms with Gasteiger partial charge in [-0.25, -0.2) is 0 Å². The maximum absolute atomic E-state index is 12.1. The van der Waals surface area contributed by atoms with Crippen molar-refractivity contribution in [2.45, 2.75) is 0 Å². The van der Waals surface area contributed by atoms with Crippen molar-refractivity contribution in [3.8, 4) is 0 Å². The average molecular weight is 284 g/mol. The van der Waals surface area contributed by atoms with Crippen LogP contribution in [-0.2, 0) is 7.05 Å². The van der Waals surface area contributed by atoms with Crippen LogP contribution in [0, 0.1) is 0 Å². The summed E-state index contributed by atoms with van der Waals surface area (Å²) < 4.78 is 2.29. The minimum Gasteiger partial charge on any atom is -0.330 e. The summed E-state index contributed by atoms with van der Waals surface area (Å²) in [4.78, 5) is 13.7. The number of hydrogen-bond donors (Lipinski definition) is 0. The summed E-state index contributed by atoms with van der Waals surface area (Å²) in [6, 6.07) is 0. The summed E-state index contributed by atoms with van der Waals surface area (Å²) in [5, 5.41) is 4.11. The highest BCUT2D eigenvalue weighted by Crippen LogP contribution is 2.16. The van der Waals surface area contributed by atoms with E-state index in [0.717, 1.165) is 0 Å². The van der Waals surface area contributed by atoms with Gasteiger partial charge in [0.1, 0.15) is 0 Å². The Morgan fingerprint density at radius 2 is 2.12 bits per heavy atom. The molecule has 0 saturated carbocycles. The highest BCUT2D eigenvalue weighted by Gasteiger charge is 2.19. The highest BCUT2D eigenvalue weighted by atomic mass is 79.9. The van der Waals surface area contributed by atoms with Crippen LogP contribution in [0.1, 0.15) is 10.5 Å². The Kier molecular flexibility index (Phi) is 4.49. The first-order valence-electron chi connectivity index (χ1n) is 4.80. The lowest BCUT2D eigenvalue weighted by Crippen LogP contribution is -2.31. The standard InChI is InChI=1S/C11H14BrN3O/c1-4-6-15(7-5-2)11(16)10-9(12)8-14(3)13-10/h4-5,8H,1-2,6-7H2,3H3. The maximum Gasteiger partial charge on any atom is 0.276 e. The molecule has 0 aliphatic heterocycles. The molecule has 0 saturated heterocycles. The number of aryl methyl sites for hydroxylation is 1. The minimum absolute atomic E-state index is 0.132. The predicted octanol–water partition coefficient (Wildman–Crippen LogP) is 2.00. The lowest BCUT2D eigenvalue weighted by molar-refractivity contribution is 0.0783. The molecule has 0 fully saturated rings. The molecule has 0 radical (unpaired) electrons. The van der Waals surface area contributed by atoms with Gasteiger partial charge in [0, 0.05) is 26.3 Å². The van der Waals surface area contributed by atoms with Gasteiger partial charge in [0.15, 0.2) is 5.69 Å². The molecule has 0 unspecified atom stereocenters. The molecule has 4 nitrogen and oxygen atoms in total. The van der Waals surface area contributed by atoms with Gasteiger partial charge in [-0.05, 0) is 15.9 Å². The van der Waals surface area contributed by atoms with E-state index < -0.39 is 0 Å². The van der Waals surface area contributed by atoms with Gasteiger partial charge in [-0.2, -0.15) is 5.10 Å². The Morgan fingerprint density at radius 3 is 2.50 bits per heavy atom. The molecule has 1 aromatic rings. The second-order valence-corrected chi connectivity index (χ2v) is 4.14. The summed E-state index contributed by atoms with van der Waals surface area (Å²) in [6.45, 7) is 8.20. The predicted molar refractivity (Wildman–Crippen MR) is 67.2 cm³/mol. The fraction of sp³-hybridized carbons (Fsp3) is 0.273. The van der Waals surface area contributed by atoms with Crippen molar-refractivity contribution >= 4 is 21.8 Å². The Bertz CT molecular complexity index is 401. The molecule has 0 N–H and O–H groups in total. The number of hydrogen-bond acceptors (Lipinski definition) is 2. The van der Waals surface area contributed by atoms with Crippen LogP contribution in [0.15, 0.2) is 36.0 Å². The first-order chi connectivity index (χ1) is 7.60. The van der Waals surface area contributed by atoms with Crippen molar-refractivity contribution in [1.29, 1.82) is 0 Å². The normalized spacial score (nSPS) is 9.88. The number of nitrogens with zero attached hydrogens (tertiary/aromatic N) is 3. The molecule has 1 heterocycles. The van der Waals surface area contributed by atoms with Gasteiger partial charge in [0.25, 0.3) is 5.91 Å². The molecule has 5 heteroatoms. The highest BCUT2D eigenvalue weighted by molar-refractivity contribution is 9.10. The van der Waals surface area contributed by atoms with Crippen molar-refractivity contribution in [1.82, 2.24) is 14.7 Å². The third kappa shape index (κ3) is 2.82. The van der Waals surface area contributed by atoms with E-state index in [-0.39, 0.29) is 5.91 Å². The fourth-order valence-electron chi connectivity index (χ4n) is 1.31. The van der Waals surface area contributed by atoms with Gasteiger partial charge in [0.05, 0.1) is 4.47 Å². The lowest BCUT2D eigenvalue weighted by atomic mass is 10.3. The summed E-state index contributed by atoms with van der Waals surface area (Å²) in [6.07, 6.45) is 5.10. The molecular formula is C11H14BrN3O. The molecule has 1 aromatic heterocycles. The number of amides is 1. The van der Waals surface area contributed by atoms with E-state index in [0.29, 0.717) is 23.3 Å². The summed E-state index contributed by atoms with van der Waals surface area (Å²) >= 11 is 3.31. The van der Waals surface area contributed by atoms with Crippen LogP contribution >= 0.6 is 15.9 Å². The zero-order valence-corrected chi connectivity index (χ0v) is 10.8. The molecule has 1 amide bonds. The van der Waals surface area contributed by atoms with Crippen LogP contribution in [0.5, 0.6) is 0 Å². The smallest absolute Gasteiger partial charge is 0.276 e. The monoisotopic (exact) mass is 283 g/mol. The van der Waals surface area contributed by atoms with Crippen LogP contribution in [0.2, 0.25) is 0 Å². The lowest BCUT2D eigenvalue weighted by Gasteiger charge is -2.17. The van der Waals surface area contributed by atoms with E-state index in [4.69, 9.17) is 0 Å². The molecule has 0 aromatic carbocycles. The zero-order chi connectivity index (χ0) is 12.1. The second-order valence-electron chi connectivity index (χ2n) is 3.29. The summed E-state index contributed by atoms with van der Waals surface area (Å²) in [7, 11) is 1.77. The van der Waals surface area contributed by atoms with E-state index in [1.165, 1.54) is 0 Å². The third-order valence-electron chi connectivity index (χ3n) is 1.97. The molecule has 16 heavy (non-hydrogen) atoms. The zero-order valence-electron chi connectivity index (χ0n) is 9.19. The Labute approximate surface area is 103 Å². The molecule has 0 aliphatic carbocycles. The van der Waals surface area contributed by atoms with Gasteiger partial charge < -0.3 is 4.90 Å². The van der Waals surface area contributed by atoms with E-state index in [1.807, 2.05) is 0 Å². The quantitative estimate of drug-likeness (QED) is 0.776. The summed E-state index contributed by atoms with van der Waals surface area (Å²) in [5.74, 6) is -0.132. The number of halogens is 1. The van der Waals surface area contributed by atoms with Crippen molar-refractivity contribution in [3.05, 3.63) is 41.7 Å². The van der Waals surface area contributed by atoms with Crippen molar-refractivity contribution in [3.63, 3.8) is 0 Å². The fourth-order valence-corrected chi connectivity index (χ4v) is 1.85. The molecule has 0 aliphatic rings. The third-order valence-corrected chi connectivity index (χ3v) is 2.55. The van der Waals surface area contributed by atoms with Crippen LogP contribution < -0.4 is 0 Å². The minimum atomic E-state index is -0.132. The van der Waals surface area contributed by atoms with Crippen LogP contribution in [0.25, 0.3) is 0 Å². The Morgan fingerprint density at radius 1 is 1.56 bits per heavy atom. The molecule has 0 spiro atoms. The molecule has 0 bridgehead atoms. The second kappa shape index (κ2) is 5.65. The van der Waals surface area contributed by atoms with Crippen molar-refractivity contribution < 1.29 is 4.79 Å². The van der Waals surface area contributed by atoms with E-state index >= 15 is 0 Å². The first kappa shape index (κ1) is 12.7. The van der Waals surface area contributed by atoms with Gasteiger partial charge in [-0.1, -0.05) is 12.2 Å². The average Bonchev–Trinajstić information content (AvgIpc) is 2.56. The summed E-state index contributed by atoms with van der Waals surface area (Å²) in [5.41, 5.74) is 0.409. The number of carbonyl (C=O) groups excluding carboxylic acids is 1. The molecular weight excluding hydrogens is 270 g/mol. The van der Waals surface area contributed by atoms with Crippen LogP contribution in [-0.4, -0.2) is 33.7 Å². The Hall–Kier alpha value is -1.36. The molecule has 0 atom stereocenters. The first-order valence-corrected chi connectivity index (χ1v) is 5.59. The number of carbonyl (C=O) groups is 1. The van der Waals surface area contributed by atoms with Gasteiger partial charge in [-0.15, -0.1) is 13.2 Å². The number of rotatable bonds is 5. The largest absolute Gasteiger partial charge is 0.330 e. The number of aromatic nitrogens is 2. The maximum atomic E-state index is 12.1. The topological polar surface area (TPSA) is 38.1 Å². The Balaban J connectivity index is 2.93. The van der Waals surface area contributed by atoms with E-state index in [2.05, 4.69) is 34.2 Å². The SMILES string of the molecule is C=CCN(CC=C)C(=O)c1nn(C)cc1Br. The molecule has 86 valence electrons. The van der Waals surface area contributed by atoms with Crippen LogP contribution in [0.3, 0.4) is 0 Å². The van der Waals surface area contributed by atoms with Gasteiger partial charge in [0.2, 0.25) is 0 Å².